The molecule has 24 heavy (non-hydrogen) atoms. The van der Waals surface area contributed by atoms with Crippen molar-refractivity contribution in [3.8, 4) is 17.2 Å². The lowest BCUT2D eigenvalue weighted by molar-refractivity contribution is -0.385. The minimum Gasteiger partial charge on any atom is -0.501 e. The number of amides is 2. The summed E-state index contributed by atoms with van der Waals surface area (Å²) < 4.78 is 10.2. The minimum atomic E-state index is -0.745. The Morgan fingerprint density at radius 3 is 2.46 bits per heavy atom. The molecule has 0 unspecified atom stereocenters. The third kappa shape index (κ3) is 3.64. The molecule has 0 fully saturated rings. The summed E-state index contributed by atoms with van der Waals surface area (Å²) in [6.07, 6.45) is 0. The van der Waals surface area contributed by atoms with Gasteiger partial charge in [0.25, 0.3) is 0 Å². The smallest absolute Gasteiger partial charge is 0.323 e. The molecule has 9 nitrogen and oxygen atoms in total. The summed E-state index contributed by atoms with van der Waals surface area (Å²) in [5.74, 6) is 0.293. The zero-order chi connectivity index (χ0) is 17.7. The van der Waals surface area contributed by atoms with Crippen LogP contribution in [-0.4, -0.2) is 30.3 Å². The molecule has 0 spiro atoms. The van der Waals surface area contributed by atoms with E-state index in [1.807, 2.05) is 0 Å². The van der Waals surface area contributed by atoms with Crippen molar-refractivity contribution < 1.29 is 24.3 Å². The number of nitrogens with zero attached hydrogens (tertiary/aromatic N) is 1. The molecule has 0 atom stereocenters. The SMILES string of the molecule is COc1ccc(NC(=O)Nc2cccc([N+](=O)[O-])c2O)c(OC)c1. The lowest BCUT2D eigenvalue weighted by Crippen LogP contribution is -2.20. The van der Waals surface area contributed by atoms with Crippen molar-refractivity contribution in [1.82, 2.24) is 0 Å². The first-order chi connectivity index (χ1) is 11.5. The van der Waals surface area contributed by atoms with Crippen molar-refractivity contribution >= 4 is 23.1 Å². The fraction of sp³-hybridized carbons (Fsp3) is 0.133. The number of methoxy groups -OCH3 is 2. The Hall–Kier alpha value is -3.49. The van der Waals surface area contributed by atoms with Crippen LogP contribution in [0, 0.1) is 10.1 Å². The first-order valence-electron chi connectivity index (χ1n) is 6.72. The highest BCUT2D eigenvalue weighted by Gasteiger charge is 2.18. The number of urea groups is 1. The molecule has 0 radical (unpaired) electrons. The molecule has 0 saturated heterocycles. The van der Waals surface area contributed by atoms with Gasteiger partial charge in [0, 0.05) is 12.1 Å². The Morgan fingerprint density at radius 1 is 1.12 bits per heavy atom. The fourth-order valence-electron chi connectivity index (χ4n) is 1.96. The van der Waals surface area contributed by atoms with E-state index in [9.17, 15) is 20.0 Å². The highest BCUT2D eigenvalue weighted by Crippen LogP contribution is 2.34. The Labute approximate surface area is 137 Å². The van der Waals surface area contributed by atoms with E-state index in [0.29, 0.717) is 17.2 Å². The normalized spacial score (nSPS) is 9.92. The lowest BCUT2D eigenvalue weighted by Gasteiger charge is -2.13. The maximum absolute atomic E-state index is 12.0. The summed E-state index contributed by atoms with van der Waals surface area (Å²) in [6, 6.07) is 7.90. The second kappa shape index (κ2) is 7.18. The molecule has 126 valence electrons. The van der Waals surface area contributed by atoms with E-state index < -0.39 is 22.4 Å². The number of rotatable bonds is 5. The molecule has 2 aromatic carbocycles. The number of nitrogens with one attached hydrogen (secondary N) is 2. The highest BCUT2D eigenvalue weighted by atomic mass is 16.6. The zero-order valence-electron chi connectivity index (χ0n) is 12.9. The standard InChI is InChI=1S/C15H15N3O6/c1-23-9-6-7-10(13(8-9)24-2)16-15(20)17-11-4-3-5-12(14(11)19)18(21)22/h3-8,19H,1-2H3,(H2,16,17,20). The van der Waals surface area contributed by atoms with Gasteiger partial charge in [0.15, 0.2) is 0 Å². The first-order valence-corrected chi connectivity index (χ1v) is 6.72. The quantitative estimate of drug-likeness (QED) is 0.439. The van der Waals surface area contributed by atoms with Crippen LogP contribution < -0.4 is 20.1 Å². The van der Waals surface area contributed by atoms with Gasteiger partial charge in [-0.15, -0.1) is 0 Å². The lowest BCUT2D eigenvalue weighted by atomic mass is 10.2. The maximum Gasteiger partial charge on any atom is 0.323 e. The number of benzene rings is 2. The summed E-state index contributed by atoms with van der Waals surface area (Å²) in [4.78, 5) is 22.1. The Bertz CT molecular complexity index is 778. The second-order valence-corrected chi connectivity index (χ2v) is 4.58. The van der Waals surface area contributed by atoms with Gasteiger partial charge < -0.3 is 25.2 Å². The summed E-state index contributed by atoms with van der Waals surface area (Å²) >= 11 is 0. The van der Waals surface area contributed by atoms with Crippen LogP contribution in [0.5, 0.6) is 17.2 Å². The minimum absolute atomic E-state index is 0.0887. The molecular formula is C15H15N3O6. The summed E-state index contributed by atoms with van der Waals surface area (Å²) in [5.41, 5.74) is -0.232. The highest BCUT2D eigenvalue weighted by molar-refractivity contribution is 6.02. The van der Waals surface area contributed by atoms with Crippen LogP contribution in [0.1, 0.15) is 0 Å². The predicted molar refractivity (Wildman–Crippen MR) is 86.9 cm³/mol. The van der Waals surface area contributed by atoms with Gasteiger partial charge >= 0.3 is 11.7 Å². The zero-order valence-corrected chi connectivity index (χ0v) is 12.9. The third-order valence-corrected chi connectivity index (χ3v) is 3.12. The third-order valence-electron chi connectivity index (χ3n) is 3.12. The second-order valence-electron chi connectivity index (χ2n) is 4.58. The van der Waals surface area contributed by atoms with Gasteiger partial charge in [-0.2, -0.15) is 0 Å². The summed E-state index contributed by atoms with van der Waals surface area (Å²) in [5, 5.41) is 25.5. The number of nitro benzene ring substituents is 1. The van der Waals surface area contributed by atoms with Gasteiger partial charge in [-0.3, -0.25) is 10.1 Å². The van der Waals surface area contributed by atoms with Gasteiger partial charge in [-0.1, -0.05) is 6.07 Å². The average molecular weight is 333 g/mol. The van der Waals surface area contributed by atoms with Crippen LogP contribution in [0.15, 0.2) is 36.4 Å². The monoisotopic (exact) mass is 333 g/mol. The van der Waals surface area contributed by atoms with Crippen LogP contribution in [0.4, 0.5) is 21.9 Å². The van der Waals surface area contributed by atoms with E-state index in [1.54, 1.807) is 18.2 Å². The van der Waals surface area contributed by atoms with Crippen LogP contribution in [0.2, 0.25) is 0 Å². The van der Waals surface area contributed by atoms with Gasteiger partial charge in [0.2, 0.25) is 5.75 Å². The number of phenolic OH excluding ortho intramolecular Hbond substituents is 1. The van der Waals surface area contributed by atoms with Crippen LogP contribution in [0.3, 0.4) is 0 Å². The number of para-hydroxylation sites is 1. The molecule has 3 N–H and O–H groups in total. The van der Waals surface area contributed by atoms with E-state index in [4.69, 9.17) is 9.47 Å². The Kier molecular flexibility index (Phi) is 5.05. The molecule has 0 aliphatic rings. The number of hydrogen-bond donors (Lipinski definition) is 3. The van der Waals surface area contributed by atoms with Crippen LogP contribution >= 0.6 is 0 Å². The largest absolute Gasteiger partial charge is 0.501 e. The van der Waals surface area contributed by atoms with E-state index in [-0.39, 0.29) is 5.69 Å². The number of carbonyl (C=O) groups excluding carboxylic acids is 1. The van der Waals surface area contributed by atoms with Crippen molar-refractivity contribution in [3.05, 3.63) is 46.5 Å². The maximum atomic E-state index is 12.0. The molecule has 9 heteroatoms. The van der Waals surface area contributed by atoms with E-state index in [0.717, 1.165) is 6.07 Å². The summed E-state index contributed by atoms with van der Waals surface area (Å²) in [7, 11) is 2.93. The number of carbonyl (C=O) groups is 1. The van der Waals surface area contributed by atoms with Gasteiger partial charge in [0.05, 0.1) is 30.5 Å². The molecule has 2 amide bonds. The Balaban J connectivity index is 2.17. The topological polar surface area (TPSA) is 123 Å². The average Bonchev–Trinajstić information content (AvgIpc) is 2.56. The van der Waals surface area contributed by atoms with Crippen molar-refractivity contribution in [3.63, 3.8) is 0 Å². The molecule has 0 bridgehead atoms. The summed E-state index contributed by atoms with van der Waals surface area (Å²) in [6.45, 7) is 0. The first kappa shape index (κ1) is 16.9. The number of aromatic hydroxyl groups is 1. The fourth-order valence-corrected chi connectivity index (χ4v) is 1.96. The number of anilines is 2. The molecule has 0 aromatic heterocycles. The molecular weight excluding hydrogens is 318 g/mol. The molecule has 2 aromatic rings. The van der Waals surface area contributed by atoms with Crippen molar-refractivity contribution in [2.75, 3.05) is 24.9 Å². The van der Waals surface area contributed by atoms with Crippen molar-refractivity contribution in [2.24, 2.45) is 0 Å². The number of hydrogen-bond acceptors (Lipinski definition) is 6. The van der Waals surface area contributed by atoms with Gasteiger partial charge in [-0.25, -0.2) is 4.79 Å². The molecule has 2 rings (SSSR count). The van der Waals surface area contributed by atoms with Crippen LogP contribution in [0.25, 0.3) is 0 Å². The van der Waals surface area contributed by atoms with Crippen LogP contribution in [-0.2, 0) is 0 Å². The van der Waals surface area contributed by atoms with Gasteiger partial charge in [0.1, 0.15) is 11.5 Å². The van der Waals surface area contributed by atoms with Gasteiger partial charge in [-0.05, 0) is 18.2 Å². The predicted octanol–water partition coefficient (Wildman–Crippen LogP) is 2.96. The molecule has 0 heterocycles. The van der Waals surface area contributed by atoms with E-state index in [1.165, 1.54) is 26.4 Å². The van der Waals surface area contributed by atoms with E-state index in [2.05, 4.69) is 10.6 Å². The van der Waals surface area contributed by atoms with E-state index >= 15 is 0 Å². The number of phenols is 1. The van der Waals surface area contributed by atoms with Crippen molar-refractivity contribution in [1.29, 1.82) is 0 Å². The number of ether oxygens (including phenoxy) is 2. The Morgan fingerprint density at radius 2 is 1.83 bits per heavy atom. The molecule has 0 saturated carbocycles. The molecule has 0 aliphatic heterocycles. The van der Waals surface area contributed by atoms with Crippen molar-refractivity contribution in [2.45, 2.75) is 0 Å². The number of nitro groups is 1. The molecule has 0 aliphatic carbocycles.